The van der Waals surface area contributed by atoms with Gasteiger partial charge < -0.3 is 10.5 Å². The molecule has 2 fully saturated rings. The van der Waals surface area contributed by atoms with E-state index in [0.29, 0.717) is 6.10 Å². The molecule has 0 bridgehead atoms. The highest BCUT2D eigenvalue weighted by molar-refractivity contribution is 4.97. The second-order valence-electron chi connectivity index (χ2n) is 5.86. The van der Waals surface area contributed by atoms with Gasteiger partial charge in [-0.1, -0.05) is 0 Å². The predicted octanol–water partition coefficient (Wildman–Crippen LogP) is 0.977. The lowest BCUT2D eigenvalue weighted by Crippen LogP contribution is -2.66. The van der Waals surface area contributed by atoms with Crippen molar-refractivity contribution in [2.75, 3.05) is 19.6 Å². The van der Waals surface area contributed by atoms with Gasteiger partial charge in [-0.2, -0.15) is 0 Å². The van der Waals surface area contributed by atoms with Crippen LogP contribution in [0.4, 0.5) is 0 Å². The molecule has 2 N–H and O–H groups in total. The van der Waals surface area contributed by atoms with E-state index >= 15 is 0 Å². The zero-order chi connectivity index (χ0) is 10.4. The fraction of sp³-hybridized carbons (Fsp3) is 1.00. The van der Waals surface area contributed by atoms with E-state index in [9.17, 15) is 0 Å². The molecule has 14 heavy (non-hydrogen) atoms. The van der Waals surface area contributed by atoms with Gasteiger partial charge in [-0.15, -0.1) is 0 Å². The maximum absolute atomic E-state index is 5.96. The van der Waals surface area contributed by atoms with Gasteiger partial charge in [0.15, 0.2) is 0 Å². The fourth-order valence-corrected chi connectivity index (χ4v) is 2.60. The van der Waals surface area contributed by atoms with Crippen LogP contribution < -0.4 is 5.73 Å². The third-order valence-corrected chi connectivity index (χ3v) is 3.19. The van der Waals surface area contributed by atoms with E-state index in [4.69, 9.17) is 10.5 Å². The van der Waals surface area contributed by atoms with Crippen LogP contribution in [0.3, 0.4) is 0 Å². The predicted molar refractivity (Wildman–Crippen MR) is 57.2 cm³/mol. The third-order valence-electron chi connectivity index (χ3n) is 3.19. The van der Waals surface area contributed by atoms with Crippen LogP contribution in [0.2, 0.25) is 0 Å². The standard InChI is InChI=1S/C11H22N2O/c1-10(2)5-4-9(14-10)6-13-7-11(3,12)8-13/h9H,4-8,12H2,1-3H3. The topological polar surface area (TPSA) is 38.5 Å². The molecule has 0 saturated carbocycles. The maximum Gasteiger partial charge on any atom is 0.0710 e. The second kappa shape index (κ2) is 3.19. The van der Waals surface area contributed by atoms with Gasteiger partial charge in [0.25, 0.3) is 0 Å². The normalized spacial score (nSPS) is 35.6. The fourth-order valence-electron chi connectivity index (χ4n) is 2.60. The van der Waals surface area contributed by atoms with Crippen molar-refractivity contribution < 1.29 is 4.74 Å². The largest absolute Gasteiger partial charge is 0.371 e. The summed E-state index contributed by atoms with van der Waals surface area (Å²) in [6, 6.07) is 0. The Morgan fingerprint density at radius 1 is 1.36 bits per heavy atom. The Labute approximate surface area is 86.6 Å². The van der Waals surface area contributed by atoms with Crippen molar-refractivity contribution in [3.63, 3.8) is 0 Å². The Morgan fingerprint density at radius 3 is 2.43 bits per heavy atom. The first-order valence-electron chi connectivity index (χ1n) is 5.55. The van der Waals surface area contributed by atoms with Gasteiger partial charge in [-0.3, -0.25) is 4.90 Å². The minimum atomic E-state index is 0.0497. The lowest BCUT2D eigenvalue weighted by molar-refractivity contribution is -0.0460. The quantitative estimate of drug-likeness (QED) is 0.719. The summed E-state index contributed by atoms with van der Waals surface area (Å²) in [5.74, 6) is 0. The zero-order valence-corrected chi connectivity index (χ0v) is 9.55. The van der Waals surface area contributed by atoms with Crippen LogP contribution in [0.1, 0.15) is 33.6 Å². The van der Waals surface area contributed by atoms with E-state index in [1.165, 1.54) is 12.8 Å². The molecule has 0 aromatic carbocycles. The number of nitrogens with two attached hydrogens (primary N) is 1. The highest BCUT2D eigenvalue weighted by Crippen LogP contribution is 2.31. The van der Waals surface area contributed by atoms with Gasteiger partial charge in [0, 0.05) is 25.2 Å². The van der Waals surface area contributed by atoms with E-state index < -0.39 is 0 Å². The van der Waals surface area contributed by atoms with Crippen molar-refractivity contribution in [2.45, 2.75) is 50.9 Å². The van der Waals surface area contributed by atoms with Gasteiger partial charge >= 0.3 is 0 Å². The average Bonchev–Trinajstić information content (AvgIpc) is 2.26. The van der Waals surface area contributed by atoms with Gasteiger partial charge in [-0.05, 0) is 33.6 Å². The van der Waals surface area contributed by atoms with Crippen LogP contribution in [-0.4, -0.2) is 41.8 Å². The van der Waals surface area contributed by atoms with E-state index in [0.717, 1.165) is 19.6 Å². The van der Waals surface area contributed by atoms with E-state index in [1.54, 1.807) is 0 Å². The van der Waals surface area contributed by atoms with E-state index in [-0.39, 0.29) is 11.1 Å². The molecule has 2 heterocycles. The van der Waals surface area contributed by atoms with Gasteiger partial charge in [0.1, 0.15) is 0 Å². The number of nitrogens with zero attached hydrogens (tertiary/aromatic N) is 1. The molecule has 3 nitrogen and oxygen atoms in total. The molecule has 0 amide bonds. The molecular weight excluding hydrogens is 176 g/mol. The lowest BCUT2D eigenvalue weighted by atomic mass is 9.93. The van der Waals surface area contributed by atoms with Crippen LogP contribution >= 0.6 is 0 Å². The van der Waals surface area contributed by atoms with Crippen molar-refractivity contribution in [1.82, 2.24) is 4.90 Å². The molecule has 3 heteroatoms. The maximum atomic E-state index is 5.96. The monoisotopic (exact) mass is 198 g/mol. The summed E-state index contributed by atoms with van der Waals surface area (Å²) in [5.41, 5.74) is 6.11. The average molecular weight is 198 g/mol. The van der Waals surface area contributed by atoms with Crippen LogP contribution in [-0.2, 0) is 4.74 Å². The van der Waals surface area contributed by atoms with Gasteiger partial charge in [0.05, 0.1) is 11.7 Å². The van der Waals surface area contributed by atoms with Crippen molar-refractivity contribution >= 4 is 0 Å². The summed E-state index contributed by atoms with van der Waals surface area (Å²) in [5, 5.41) is 0. The first-order chi connectivity index (χ1) is 6.36. The Bertz CT molecular complexity index is 217. The molecule has 2 saturated heterocycles. The van der Waals surface area contributed by atoms with Crippen LogP contribution in [0.25, 0.3) is 0 Å². The number of hydrogen-bond acceptors (Lipinski definition) is 3. The molecule has 2 aliphatic rings. The minimum Gasteiger partial charge on any atom is -0.371 e. The highest BCUT2D eigenvalue weighted by Gasteiger charge is 2.39. The molecule has 2 rings (SSSR count). The molecule has 0 spiro atoms. The molecule has 0 radical (unpaired) electrons. The summed E-state index contributed by atoms with van der Waals surface area (Å²) >= 11 is 0. The first kappa shape index (κ1) is 10.4. The number of ether oxygens (including phenoxy) is 1. The number of likely N-dealkylation sites (tertiary alicyclic amines) is 1. The summed E-state index contributed by atoms with van der Waals surface area (Å²) in [7, 11) is 0. The van der Waals surface area contributed by atoms with E-state index in [2.05, 4.69) is 25.7 Å². The zero-order valence-electron chi connectivity index (χ0n) is 9.55. The Balaban J connectivity index is 1.73. The first-order valence-corrected chi connectivity index (χ1v) is 5.55. The van der Waals surface area contributed by atoms with Crippen molar-refractivity contribution in [3.8, 4) is 0 Å². The van der Waals surface area contributed by atoms with Gasteiger partial charge in [-0.25, -0.2) is 0 Å². The molecule has 1 unspecified atom stereocenters. The number of rotatable bonds is 2. The summed E-state index contributed by atoms with van der Waals surface area (Å²) < 4.78 is 5.94. The van der Waals surface area contributed by atoms with E-state index in [1.807, 2.05) is 0 Å². The molecular formula is C11H22N2O. The molecule has 1 atom stereocenters. The molecule has 0 aliphatic carbocycles. The molecule has 0 aromatic rings. The van der Waals surface area contributed by atoms with Crippen LogP contribution in [0.15, 0.2) is 0 Å². The summed E-state index contributed by atoms with van der Waals surface area (Å²) in [6.45, 7) is 9.58. The second-order valence-corrected chi connectivity index (χ2v) is 5.86. The van der Waals surface area contributed by atoms with Crippen molar-refractivity contribution in [1.29, 1.82) is 0 Å². The molecule has 82 valence electrons. The minimum absolute atomic E-state index is 0.0497. The van der Waals surface area contributed by atoms with Crippen LogP contribution in [0, 0.1) is 0 Å². The Kier molecular flexibility index (Phi) is 2.37. The van der Waals surface area contributed by atoms with Crippen LogP contribution in [0.5, 0.6) is 0 Å². The lowest BCUT2D eigenvalue weighted by Gasteiger charge is -2.46. The Morgan fingerprint density at radius 2 is 2.00 bits per heavy atom. The number of hydrogen-bond donors (Lipinski definition) is 1. The van der Waals surface area contributed by atoms with Crippen molar-refractivity contribution in [2.24, 2.45) is 5.73 Å². The molecule has 0 aromatic heterocycles. The SMILES string of the molecule is CC1(N)CN(CC2CCC(C)(C)O2)C1. The smallest absolute Gasteiger partial charge is 0.0710 e. The Hall–Kier alpha value is -0.120. The highest BCUT2D eigenvalue weighted by atomic mass is 16.5. The third kappa shape index (κ3) is 2.27. The van der Waals surface area contributed by atoms with Gasteiger partial charge in [0.2, 0.25) is 0 Å². The van der Waals surface area contributed by atoms with Crippen molar-refractivity contribution in [3.05, 3.63) is 0 Å². The summed E-state index contributed by atoms with van der Waals surface area (Å²) in [4.78, 5) is 2.39. The molecule has 2 aliphatic heterocycles. The summed E-state index contributed by atoms with van der Waals surface area (Å²) in [6.07, 6.45) is 2.82.